The SMILES string of the molecule is Nc1ccc2c(c1)COC(Nc1cccc(C3CC3)c1)=N2. The van der Waals surface area contributed by atoms with E-state index in [1.54, 1.807) is 0 Å². The van der Waals surface area contributed by atoms with Crippen LogP contribution in [0, 0.1) is 0 Å². The lowest BCUT2D eigenvalue weighted by molar-refractivity contribution is 0.286. The zero-order valence-corrected chi connectivity index (χ0v) is 11.7. The molecule has 0 unspecified atom stereocenters. The number of rotatable bonds is 2. The minimum Gasteiger partial charge on any atom is -0.460 e. The smallest absolute Gasteiger partial charge is 0.294 e. The highest BCUT2D eigenvalue weighted by Crippen LogP contribution is 2.40. The molecule has 1 fully saturated rings. The first-order valence-corrected chi connectivity index (χ1v) is 7.25. The number of anilines is 2. The van der Waals surface area contributed by atoms with Crippen molar-refractivity contribution in [1.29, 1.82) is 0 Å². The Kier molecular flexibility index (Phi) is 2.81. The maximum atomic E-state index is 5.77. The highest BCUT2D eigenvalue weighted by Gasteiger charge is 2.23. The van der Waals surface area contributed by atoms with Crippen molar-refractivity contribution in [2.45, 2.75) is 25.4 Å². The molecule has 21 heavy (non-hydrogen) atoms. The van der Waals surface area contributed by atoms with E-state index in [4.69, 9.17) is 10.5 Å². The average Bonchev–Trinajstić information content (AvgIpc) is 3.32. The first-order valence-electron chi connectivity index (χ1n) is 7.25. The molecule has 0 bridgehead atoms. The molecular formula is C17H17N3O. The highest BCUT2D eigenvalue weighted by molar-refractivity contribution is 5.92. The lowest BCUT2D eigenvalue weighted by atomic mass is 10.1. The molecule has 0 saturated heterocycles. The highest BCUT2D eigenvalue weighted by atomic mass is 16.5. The van der Waals surface area contributed by atoms with E-state index in [0.717, 1.165) is 28.5 Å². The molecule has 0 aromatic heterocycles. The minimum absolute atomic E-state index is 0.495. The maximum Gasteiger partial charge on any atom is 0.294 e. The number of fused-ring (bicyclic) bond motifs is 1. The number of nitrogen functional groups attached to an aromatic ring is 1. The number of nitrogens with two attached hydrogens (primary N) is 1. The summed E-state index contributed by atoms with van der Waals surface area (Å²) < 4.78 is 5.66. The Morgan fingerprint density at radius 2 is 2.05 bits per heavy atom. The van der Waals surface area contributed by atoms with Crippen molar-refractivity contribution in [1.82, 2.24) is 0 Å². The van der Waals surface area contributed by atoms with E-state index in [2.05, 4.69) is 28.5 Å². The fraction of sp³-hybridized carbons (Fsp3) is 0.235. The van der Waals surface area contributed by atoms with Crippen LogP contribution in [0.4, 0.5) is 17.1 Å². The van der Waals surface area contributed by atoms with Crippen molar-refractivity contribution in [2.75, 3.05) is 11.1 Å². The zero-order valence-electron chi connectivity index (χ0n) is 11.7. The van der Waals surface area contributed by atoms with Gasteiger partial charge < -0.3 is 15.8 Å². The first kappa shape index (κ1) is 12.3. The Balaban J connectivity index is 1.57. The van der Waals surface area contributed by atoms with E-state index in [-0.39, 0.29) is 0 Å². The third kappa shape index (κ3) is 2.57. The predicted molar refractivity (Wildman–Crippen MR) is 84.8 cm³/mol. The quantitative estimate of drug-likeness (QED) is 0.822. The largest absolute Gasteiger partial charge is 0.460 e. The van der Waals surface area contributed by atoms with Crippen molar-refractivity contribution < 1.29 is 4.74 Å². The molecular weight excluding hydrogens is 262 g/mol. The lowest BCUT2D eigenvalue weighted by Gasteiger charge is -2.18. The van der Waals surface area contributed by atoms with Crippen LogP contribution < -0.4 is 11.1 Å². The number of ether oxygens (including phenoxy) is 1. The molecule has 0 radical (unpaired) electrons. The molecule has 1 saturated carbocycles. The number of aliphatic imine (C=N–C) groups is 1. The van der Waals surface area contributed by atoms with Crippen LogP contribution >= 0.6 is 0 Å². The number of hydrogen-bond acceptors (Lipinski definition) is 4. The van der Waals surface area contributed by atoms with Gasteiger partial charge in [0.15, 0.2) is 0 Å². The molecule has 1 aliphatic carbocycles. The number of nitrogens with one attached hydrogen (secondary N) is 1. The van der Waals surface area contributed by atoms with Crippen LogP contribution in [0.1, 0.15) is 29.9 Å². The summed E-state index contributed by atoms with van der Waals surface area (Å²) in [5.41, 5.74) is 10.9. The van der Waals surface area contributed by atoms with Gasteiger partial charge in [-0.15, -0.1) is 0 Å². The molecule has 3 N–H and O–H groups in total. The minimum atomic E-state index is 0.495. The molecule has 1 heterocycles. The average molecular weight is 279 g/mol. The Labute approximate surface area is 123 Å². The van der Waals surface area contributed by atoms with Crippen LogP contribution in [-0.4, -0.2) is 6.02 Å². The van der Waals surface area contributed by atoms with E-state index >= 15 is 0 Å². The summed E-state index contributed by atoms with van der Waals surface area (Å²) in [4.78, 5) is 4.50. The standard InChI is InChI=1S/C17H17N3O/c18-14-6-7-16-13(8-14)10-21-17(20-16)19-15-3-1-2-12(9-15)11-4-5-11/h1-3,6-9,11H,4-5,10,18H2,(H,19,20). The van der Waals surface area contributed by atoms with Gasteiger partial charge in [0.25, 0.3) is 6.02 Å². The van der Waals surface area contributed by atoms with Crippen molar-refractivity contribution >= 4 is 23.1 Å². The second kappa shape index (κ2) is 4.81. The number of amidine groups is 1. The Hall–Kier alpha value is -2.49. The summed E-state index contributed by atoms with van der Waals surface area (Å²) in [5, 5.41) is 3.26. The Morgan fingerprint density at radius 1 is 1.14 bits per heavy atom. The monoisotopic (exact) mass is 279 g/mol. The predicted octanol–water partition coefficient (Wildman–Crippen LogP) is 3.78. The van der Waals surface area contributed by atoms with Crippen LogP contribution in [0.2, 0.25) is 0 Å². The van der Waals surface area contributed by atoms with Gasteiger partial charge in [-0.1, -0.05) is 12.1 Å². The summed E-state index contributed by atoms with van der Waals surface area (Å²) in [5.74, 6) is 0.740. The summed E-state index contributed by atoms with van der Waals surface area (Å²) in [6, 6.07) is 14.7. The van der Waals surface area contributed by atoms with Crippen LogP contribution in [0.5, 0.6) is 0 Å². The molecule has 0 amide bonds. The van der Waals surface area contributed by atoms with Gasteiger partial charge in [-0.25, -0.2) is 0 Å². The van der Waals surface area contributed by atoms with Crippen molar-refractivity contribution in [3.63, 3.8) is 0 Å². The molecule has 4 heteroatoms. The Bertz CT molecular complexity index is 720. The van der Waals surface area contributed by atoms with Crippen LogP contribution in [0.25, 0.3) is 0 Å². The van der Waals surface area contributed by atoms with Gasteiger partial charge in [-0.05, 0) is 54.7 Å². The van der Waals surface area contributed by atoms with E-state index in [9.17, 15) is 0 Å². The van der Waals surface area contributed by atoms with Crippen LogP contribution in [0.3, 0.4) is 0 Å². The molecule has 4 rings (SSSR count). The second-order valence-corrected chi connectivity index (χ2v) is 5.62. The molecule has 1 aliphatic heterocycles. The maximum absolute atomic E-state index is 5.77. The molecule has 4 nitrogen and oxygen atoms in total. The Morgan fingerprint density at radius 3 is 2.90 bits per heavy atom. The van der Waals surface area contributed by atoms with Gasteiger partial charge in [0, 0.05) is 16.9 Å². The van der Waals surface area contributed by atoms with Crippen molar-refractivity contribution in [2.24, 2.45) is 4.99 Å². The van der Waals surface area contributed by atoms with Gasteiger partial charge in [0.1, 0.15) is 6.61 Å². The first-order chi connectivity index (χ1) is 10.3. The third-order valence-electron chi connectivity index (χ3n) is 3.88. The molecule has 2 aromatic carbocycles. The number of hydrogen-bond donors (Lipinski definition) is 2. The van der Waals surface area contributed by atoms with Gasteiger partial charge in [-0.2, -0.15) is 4.99 Å². The normalized spacial score (nSPS) is 16.7. The fourth-order valence-corrected chi connectivity index (χ4v) is 2.59. The number of nitrogens with zero attached hydrogens (tertiary/aromatic N) is 1. The van der Waals surface area contributed by atoms with E-state index in [0.29, 0.717) is 12.6 Å². The summed E-state index contributed by atoms with van der Waals surface area (Å²) in [7, 11) is 0. The van der Waals surface area contributed by atoms with Gasteiger partial charge in [0.05, 0.1) is 5.69 Å². The summed E-state index contributed by atoms with van der Waals surface area (Å²) >= 11 is 0. The molecule has 106 valence electrons. The zero-order chi connectivity index (χ0) is 14.2. The topological polar surface area (TPSA) is 59.6 Å². The van der Waals surface area contributed by atoms with Crippen LogP contribution in [0.15, 0.2) is 47.5 Å². The second-order valence-electron chi connectivity index (χ2n) is 5.62. The van der Waals surface area contributed by atoms with E-state index < -0.39 is 0 Å². The van der Waals surface area contributed by atoms with Gasteiger partial charge in [0.2, 0.25) is 0 Å². The van der Waals surface area contributed by atoms with Crippen molar-refractivity contribution in [3.8, 4) is 0 Å². The third-order valence-corrected chi connectivity index (χ3v) is 3.88. The number of benzene rings is 2. The van der Waals surface area contributed by atoms with Crippen LogP contribution in [-0.2, 0) is 11.3 Å². The molecule has 0 atom stereocenters. The lowest BCUT2D eigenvalue weighted by Crippen LogP contribution is -2.19. The molecule has 2 aromatic rings. The van der Waals surface area contributed by atoms with E-state index in [1.165, 1.54) is 18.4 Å². The summed E-state index contributed by atoms with van der Waals surface area (Å²) in [6.45, 7) is 0.495. The van der Waals surface area contributed by atoms with Gasteiger partial charge in [-0.3, -0.25) is 0 Å². The van der Waals surface area contributed by atoms with Gasteiger partial charge >= 0.3 is 0 Å². The van der Waals surface area contributed by atoms with Crippen molar-refractivity contribution in [3.05, 3.63) is 53.6 Å². The fourth-order valence-electron chi connectivity index (χ4n) is 2.59. The molecule has 0 spiro atoms. The molecule has 2 aliphatic rings. The summed E-state index contributed by atoms with van der Waals surface area (Å²) in [6.07, 6.45) is 2.60. The van der Waals surface area contributed by atoms with E-state index in [1.807, 2.05) is 24.3 Å².